The first kappa shape index (κ1) is 15.0. The minimum Gasteiger partial charge on any atom is -0.256 e. The number of benzene rings is 2. The van der Waals surface area contributed by atoms with Gasteiger partial charge in [0.2, 0.25) is 0 Å². The molecule has 21 heavy (non-hydrogen) atoms. The Morgan fingerprint density at radius 3 is 2.19 bits per heavy atom. The maximum atomic E-state index is 8.76. The first-order valence-corrected chi connectivity index (χ1v) is 7.20. The van der Waals surface area contributed by atoms with E-state index in [1.165, 1.54) is 5.56 Å². The van der Waals surface area contributed by atoms with Crippen molar-refractivity contribution in [1.29, 1.82) is 5.26 Å². The highest BCUT2D eigenvalue weighted by molar-refractivity contribution is 5.82. The Kier molecular flexibility index (Phi) is 4.55. The summed E-state index contributed by atoms with van der Waals surface area (Å²) in [7, 11) is 0. The molecule has 0 radical (unpaired) electrons. The molecule has 0 saturated heterocycles. The molecule has 0 spiro atoms. The SMILES string of the molecule is CCC(C)(C)c1ccc(C=Nc2ccc(C#N)cc2)cc1. The van der Waals surface area contributed by atoms with Crippen molar-refractivity contribution in [3.63, 3.8) is 0 Å². The van der Waals surface area contributed by atoms with E-state index >= 15 is 0 Å². The molecule has 0 aliphatic rings. The molecule has 106 valence electrons. The Morgan fingerprint density at radius 1 is 1.05 bits per heavy atom. The van der Waals surface area contributed by atoms with Gasteiger partial charge in [-0.3, -0.25) is 4.99 Å². The smallest absolute Gasteiger partial charge is 0.0991 e. The molecule has 0 aliphatic carbocycles. The second kappa shape index (κ2) is 6.37. The Balaban J connectivity index is 2.12. The fourth-order valence-corrected chi connectivity index (χ4v) is 2.00. The van der Waals surface area contributed by atoms with Gasteiger partial charge in [0.15, 0.2) is 0 Å². The van der Waals surface area contributed by atoms with Crippen molar-refractivity contribution >= 4 is 11.9 Å². The monoisotopic (exact) mass is 276 g/mol. The summed E-state index contributed by atoms with van der Waals surface area (Å²) >= 11 is 0. The van der Waals surface area contributed by atoms with E-state index in [9.17, 15) is 0 Å². The first-order valence-electron chi connectivity index (χ1n) is 7.20. The third-order valence-electron chi connectivity index (χ3n) is 3.94. The lowest BCUT2D eigenvalue weighted by Gasteiger charge is -2.23. The molecule has 0 unspecified atom stereocenters. The maximum Gasteiger partial charge on any atom is 0.0991 e. The molecule has 0 amide bonds. The zero-order valence-corrected chi connectivity index (χ0v) is 12.8. The second-order valence-corrected chi connectivity index (χ2v) is 5.78. The molecule has 0 N–H and O–H groups in total. The van der Waals surface area contributed by atoms with Crippen LogP contribution in [0.25, 0.3) is 0 Å². The summed E-state index contributed by atoms with van der Waals surface area (Å²) in [5.41, 5.74) is 4.14. The van der Waals surface area contributed by atoms with Crippen LogP contribution in [0.5, 0.6) is 0 Å². The highest BCUT2D eigenvalue weighted by Crippen LogP contribution is 2.26. The summed E-state index contributed by atoms with van der Waals surface area (Å²) in [6, 6.07) is 17.9. The number of hydrogen-bond donors (Lipinski definition) is 0. The van der Waals surface area contributed by atoms with E-state index in [1.807, 2.05) is 18.3 Å². The van der Waals surface area contributed by atoms with Crippen molar-refractivity contribution in [2.24, 2.45) is 4.99 Å². The maximum absolute atomic E-state index is 8.76. The van der Waals surface area contributed by atoms with Gasteiger partial charge in [0.1, 0.15) is 0 Å². The predicted molar refractivity (Wildman–Crippen MR) is 88.2 cm³/mol. The molecule has 2 rings (SSSR count). The molecule has 0 heterocycles. The van der Waals surface area contributed by atoms with Crippen molar-refractivity contribution in [3.8, 4) is 6.07 Å². The number of hydrogen-bond acceptors (Lipinski definition) is 2. The van der Waals surface area contributed by atoms with Crippen molar-refractivity contribution in [2.45, 2.75) is 32.6 Å². The molecule has 0 fully saturated rings. The Hall–Kier alpha value is -2.40. The van der Waals surface area contributed by atoms with E-state index in [1.54, 1.807) is 12.1 Å². The number of nitrogens with zero attached hydrogens (tertiary/aromatic N) is 2. The molecule has 0 bridgehead atoms. The fourth-order valence-electron chi connectivity index (χ4n) is 2.00. The van der Waals surface area contributed by atoms with Crippen LogP contribution >= 0.6 is 0 Å². The highest BCUT2D eigenvalue weighted by Gasteiger charge is 2.17. The van der Waals surface area contributed by atoms with Crippen LogP contribution in [0.1, 0.15) is 43.9 Å². The minimum absolute atomic E-state index is 0.211. The van der Waals surface area contributed by atoms with Crippen LogP contribution in [-0.2, 0) is 5.41 Å². The molecular formula is C19H20N2. The van der Waals surface area contributed by atoms with Crippen LogP contribution < -0.4 is 0 Å². The van der Waals surface area contributed by atoms with E-state index in [-0.39, 0.29) is 5.41 Å². The van der Waals surface area contributed by atoms with Crippen molar-refractivity contribution in [1.82, 2.24) is 0 Å². The van der Waals surface area contributed by atoms with E-state index in [0.717, 1.165) is 17.7 Å². The zero-order valence-electron chi connectivity index (χ0n) is 12.8. The van der Waals surface area contributed by atoms with Crippen LogP contribution in [-0.4, -0.2) is 6.21 Å². The summed E-state index contributed by atoms with van der Waals surface area (Å²) < 4.78 is 0. The Bertz CT molecular complexity index is 656. The molecule has 2 aromatic rings. The van der Waals surface area contributed by atoms with Crippen LogP contribution in [0.3, 0.4) is 0 Å². The number of nitriles is 1. The quantitative estimate of drug-likeness (QED) is 0.724. The summed E-state index contributed by atoms with van der Waals surface area (Å²) in [5, 5.41) is 8.76. The van der Waals surface area contributed by atoms with E-state index in [4.69, 9.17) is 5.26 Å². The lowest BCUT2D eigenvalue weighted by molar-refractivity contribution is 0.506. The van der Waals surface area contributed by atoms with Crippen molar-refractivity contribution in [3.05, 3.63) is 65.2 Å². The average Bonchev–Trinajstić information content (AvgIpc) is 2.54. The molecule has 2 aromatic carbocycles. The largest absolute Gasteiger partial charge is 0.256 e. The predicted octanol–water partition coefficient (Wildman–Crippen LogP) is 5.00. The van der Waals surface area contributed by atoms with Gasteiger partial charge in [0, 0.05) is 6.21 Å². The molecule has 0 saturated carbocycles. The molecule has 2 heteroatoms. The topological polar surface area (TPSA) is 36.1 Å². The standard InChI is InChI=1S/C19H20N2/c1-4-19(2,3)17-9-5-16(6-10-17)14-21-18-11-7-15(13-20)8-12-18/h5-12,14H,4H2,1-3H3. The second-order valence-electron chi connectivity index (χ2n) is 5.78. The third kappa shape index (κ3) is 3.79. The fraction of sp³-hybridized carbons (Fsp3) is 0.263. The van der Waals surface area contributed by atoms with E-state index in [0.29, 0.717) is 5.56 Å². The summed E-state index contributed by atoms with van der Waals surface area (Å²) in [5.74, 6) is 0. The molecule has 0 aromatic heterocycles. The molecule has 0 atom stereocenters. The zero-order chi connectivity index (χ0) is 15.3. The lowest BCUT2D eigenvalue weighted by Crippen LogP contribution is -2.15. The van der Waals surface area contributed by atoms with Gasteiger partial charge in [-0.05, 0) is 47.2 Å². The van der Waals surface area contributed by atoms with Crippen LogP contribution in [0.4, 0.5) is 5.69 Å². The van der Waals surface area contributed by atoms with Gasteiger partial charge in [-0.2, -0.15) is 5.26 Å². The van der Waals surface area contributed by atoms with Crippen LogP contribution in [0.2, 0.25) is 0 Å². The summed E-state index contributed by atoms with van der Waals surface area (Å²) in [4.78, 5) is 4.43. The van der Waals surface area contributed by atoms with Gasteiger partial charge in [-0.25, -0.2) is 0 Å². The van der Waals surface area contributed by atoms with Gasteiger partial charge in [-0.1, -0.05) is 45.0 Å². The van der Waals surface area contributed by atoms with Crippen molar-refractivity contribution in [2.75, 3.05) is 0 Å². The van der Waals surface area contributed by atoms with E-state index < -0.39 is 0 Å². The van der Waals surface area contributed by atoms with Gasteiger partial charge < -0.3 is 0 Å². The first-order chi connectivity index (χ1) is 10.0. The molecular weight excluding hydrogens is 256 g/mol. The summed E-state index contributed by atoms with van der Waals surface area (Å²) in [6.07, 6.45) is 2.97. The van der Waals surface area contributed by atoms with Gasteiger partial charge >= 0.3 is 0 Å². The van der Waals surface area contributed by atoms with Crippen LogP contribution in [0, 0.1) is 11.3 Å². The highest BCUT2D eigenvalue weighted by atomic mass is 14.7. The summed E-state index contributed by atoms with van der Waals surface area (Å²) in [6.45, 7) is 6.72. The van der Waals surface area contributed by atoms with Gasteiger partial charge in [0.25, 0.3) is 0 Å². The van der Waals surface area contributed by atoms with Crippen molar-refractivity contribution < 1.29 is 0 Å². The van der Waals surface area contributed by atoms with E-state index in [2.05, 4.69) is 56.1 Å². The van der Waals surface area contributed by atoms with Crippen LogP contribution in [0.15, 0.2) is 53.5 Å². The lowest BCUT2D eigenvalue weighted by atomic mass is 9.82. The number of rotatable bonds is 4. The van der Waals surface area contributed by atoms with Gasteiger partial charge in [0.05, 0.1) is 17.3 Å². The molecule has 2 nitrogen and oxygen atoms in total. The normalized spacial score (nSPS) is 11.5. The molecule has 0 aliphatic heterocycles. The van der Waals surface area contributed by atoms with Gasteiger partial charge in [-0.15, -0.1) is 0 Å². The third-order valence-corrected chi connectivity index (χ3v) is 3.94. The average molecular weight is 276 g/mol. The minimum atomic E-state index is 0.211. The Labute approximate surface area is 126 Å². The number of aliphatic imine (C=N–C) groups is 1. The Morgan fingerprint density at radius 2 is 1.67 bits per heavy atom.